The molecule has 5 aromatic rings. The summed E-state index contributed by atoms with van der Waals surface area (Å²) < 4.78 is 28.4. The van der Waals surface area contributed by atoms with E-state index in [1.807, 2.05) is 47.0 Å². The third-order valence-electron chi connectivity index (χ3n) is 5.10. The molecule has 8 heteroatoms. The lowest BCUT2D eigenvalue weighted by Crippen LogP contribution is -2.02. The van der Waals surface area contributed by atoms with Crippen LogP contribution >= 0.6 is 0 Å². The molecule has 0 aliphatic rings. The van der Waals surface area contributed by atoms with Gasteiger partial charge in [0.2, 0.25) is 5.88 Å². The lowest BCUT2D eigenvalue weighted by Gasteiger charge is -2.11. The summed E-state index contributed by atoms with van der Waals surface area (Å²) in [5, 5.41) is 9.44. The Morgan fingerprint density at radius 1 is 1.03 bits per heavy atom. The molecule has 0 aliphatic carbocycles. The number of nitrogens with zero attached hydrogens (tertiary/aromatic N) is 5. The van der Waals surface area contributed by atoms with Gasteiger partial charge in [-0.25, -0.2) is 19.9 Å². The van der Waals surface area contributed by atoms with Crippen molar-refractivity contribution in [1.82, 2.24) is 24.5 Å². The molecule has 1 aromatic carbocycles. The van der Waals surface area contributed by atoms with E-state index in [4.69, 9.17) is 24.6 Å². The van der Waals surface area contributed by atoms with Crippen molar-refractivity contribution < 1.29 is 14.0 Å². The molecule has 158 valence electrons. The molecule has 4 aromatic heterocycles. The van der Waals surface area contributed by atoms with Gasteiger partial charge in [0.15, 0.2) is 11.5 Å². The Labute approximate surface area is 188 Å². The monoisotopic (exact) mass is 427 g/mol. The number of imidazole rings is 1. The number of hydrogen-bond donors (Lipinski definition) is 2. The Kier molecular flexibility index (Phi) is 4.14. The molecular weight excluding hydrogens is 404 g/mol. The van der Waals surface area contributed by atoms with Crippen LogP contribution in [0.1, 0.15) is 9.68 Å². The summed E-state index contributed by atoms with van der Waals surface area (Å²) in [4.78, 5) is 17.9. The first kappa shape index (κ1) is 16.4. The summed E-state index contributed by atoms with van der Waals surface area (Å²) >= 11 is 0. The predicted molar refractivity (Wildman–Crippen MR) is 122 cm³/mol. The van der Waals surface area contributed by atoms with Crippen LogP contribution in [0.4, 0.5) is 5.82 Å². The van der Waals surface area contributed by atoms with Gasteiger partial charge in [0.25, 0.3) is 0 Å². The Balaban J connectivity index is 1.66. The van der Waals surface area contributed by atoms with E-state index < -0.39 is 7.04 Å². The van der Waals surface area contributed by atoms with E-state index in [0.717, 1.165) is 11.3 Å². The summed E-state index contributed by atoms with van der Waals surface area (Å²) in [6, 6.07) is 17.9. The lowest BCUT2D eigenvalue weighted by molar-refractivity contribution is 0.282. The summed E-state index contributed by atoms with van der Waals surface area (Å²) in [5.74, 6) is 0.912. The van der Waals surface area contributed by atoms with Crippen molar-refractivity contribution in [3.63, 3.8) is 0 Å². The number of aliphatic hydroxyl groups excluding tert-OH is 1. The number of benzene rings is 1. The van der Waals surface area contributed by atoms with E-state index in [1.54, 1.807) is 18.3 Å². The van der Waals surface area contributed by atoms with Gasteiger partial charge in [-0.3, -0.25) is 4.57 Å². The van der Waals surface area contributed by atoms with Crippen molar-refractivity contribution in [2.75, 3.05) is 12.8 Å². The molecule has 0 spiro atoms. The number of aliphatic hydroxyl groups is 1. The molecule has 8 nitrogen and oxygen atoms in total. The molecule has 0 fully saturated rings. The molecular formula is C24H20N6O2. The number of rotatable bonds is 5. The van der Waals surface area contributed by atoms with Crippen LogP contribution in [0.3, 0.4) is 0 Å². The number of nitrogen functional groups attached to an aromatic ring is 1. The van der Waals surface area contributed by atoms with Crippen molar-refractivity contribution >= 4 is 17.0 Å². The number of anilines is 1. The van der Waals surface area contributed by atoms with Crippen LogP contribution in [0, 0.1) is 0 Å². The normalized spacial score (nSPS) is 12.8. The van der Waals surface area contributed by atoms with Crippen LogP contribution in [-0.2, 0) is 6.61 Å². The third kappa shape index (κ3) is 3.42. The van der Waals surface area contributed by atoms with E-state index in [0.29, 0.717) is 39.6 Å². The van der Waals surface area contributed by atoms with Crippen LogP contribution in [0.25, 0.3) is 39.5 Å². The third-order valence-corrected chi connectivity index (χ3v) is 5.10. The minimum atomic E-state index is -2.58. The van der Waals surface area contributed by atoms with Crippen molar-refractivity contribution in [1.29, 1.82) is 0 Å². The highest BCUT2D eigenvalue weighted by Gasteiger charge is 2.18. The zero-order chi connectivity index (χ0) is 24.6. The first-order chi connectivity index (χ1) is 16.8. The largest absolute Gasteiger partial charge is 0.481 e. The molecule has 0 bridgehead atoms. The molecule has 0 unspecified atom stereocenters. The topological polar surface area (TPSA) is 112 Å². The Bertz CT molecular complexity index is 1500. The maximum absolute atomic E-state index is 9.44. The van der Waals surface area contributed by atoms with E-state index in [9.17, 15) is 5.11 Å². The van der Waals surface area contributed by atoms with Gasteiger partial charge in [0.1, 0.15) is 11.3 Å². The Morgan fingerprint density at radius 3 is 2.62 bits per heavy atom. The quantitative estimate of drug-likeness (QED) is 0.440. The molecule has 0 saturated carbocycles. The van der Waals surface area contributed by atoms with Crippen molar-refractivity contribution in [3.8, 4) is 34.2 Å². The zero-order valence-electron chi connectivity index (χ0n) is 19.8. The van der Waals surface area contributed by atoms with Crippen LogP contribution in [-0.4, -0.2) is 36.6 Å². The molecule has 5 rings (SSSR count). The highest BCUT2D eigenvalue weighted by molar-refractivity contribution is 5.84. The number of nitrogens with two attached hydrogens (primary N) is 1. The highest BCUT2D eigenvalue weighted by atomic mass is 16.5. The first-order valence-corrected chi connectivity index (χ1v) is 9.78. The number of aromatic nitrogens is 5. The fourth-order valence-electron chi connectivity index (χ4n) is 3.49. The van der Waals surface area contributed by atoms with Gasteiger partial charge in [-0.05, 0) is 48.0 Å². The average Bonchev–Trinajstić information content (AvgIpc) is 3.22. The van der Waals surface area contributed by atoms with E-state index in [1.165, 1.54) is 12.3 Å². The molecule has 3 N–H and O–H groups in total. The fraction of sp³-hybridized carbons (Fsp3) is 0.0833. The second-order valence-corrected chi connectivity index (χ2v) is 7.06. The first-order valence-electron chi connectivity index (χ1n) is 11.3. The van der Waals surface area contributed by atoms with Crippen LogP contribution in [0.5, 0.6) is 5.88 Å². The average molecular weight is 427 g/mol. The van der Waals surface area contributed by atoms with Crippen molar-refractivity contribution in [3.05, 3.63) is 78.6 Å². The van der Waals surface area contributed by atoms with Crippen molar-refractivity contribution in [2.24, 2.45) is 0 Å². The van der Waals surface area contributed by atoms with E-state index in [-0.39, 0.29) is 12.5 Å². The maximum Gasteiger partial charge on any atom is 0.212 e. The van der Waals surface area contributed by atoms with E-state index >= 15 is 0 Å². The standard InChI is InChI=1S/C24H20N6O2/c1-32-21-11-6-16(13-27-21)19-9-10-20-24(28-19)30(17-7-4-15(14-31)5-8-17)23(29-20)18-3-2-12-26-22(18)25/h2-13,31H,14H2,1H3,(H2,25,26)/i1D3. The maximum atomic E-state index is 9.44. The molecule has 0 amide bonds. The van der Waals surface area contributed by atoms with Crippen molar-refractivity contribution in [2.45, 2.75) is 6.61 Å². The second-order valence-electron chi connectivity index (χ2n) is 7.06. The predicted octanol–water partition coefficient (Wildman–Crippen LogP) is 3.63. The van der Waals surface area contributed by atoms with Gasteiger partial charge in [0.05, 0.1) is 29.0 Å². The zero-order valence-corrected chi connectivity index (χ0v) is 16.8. The van der Waals surface area contributed by atoms with Gasteiger partial charge in [-0.2, -0.15) is 0 Å². The minimum absolute atomic E-state index is 0.00168. The van der Waals surface area contributed by atoms with Gasteiger partial charge < -0.3 is 15.6 Å². The SMILES string of the molecule is [2H]C([2H])([2H])Oc1ccc(-c2ccc3nc(-c4cccnc4N)n(-c4ccc(CO)cc4)c3n2)cn1. The summed E-state index contributed by atoms with van der Waals surface area (Å²) in [6.07, 6.45) is 3.12. The van der Waals surface area contributed by atoms with Gasteiger partial charge in [0, 0.05) is 29.7 Å². The lowest BCUT2D eigenvalue weighted by atomic mass is 10.2. The minimum Gasteiger partial charge on any atom is -0.481 e. The van der Waals surface area contributed by atoms with Crippen LogP contribution in [0.15, 0.2) is 73.1 Å². The molecule has 0 saturated heterocycles. The number of fused-ring (bicyclic) bond motifs is 1. The van der Waals surface area contributed by atoms with Gasteiger partial charge in [-0.15, -0.1) is 0 Å². The summed E-state index contributed by atoms with van der Waals surface area (Å²) in [5.41, 5.74) is 10.9. The molecule has 4 heterocycles. The molecule has 0 radical (unpaired) electrons. The highest BCUT2D eigenvalue weighted by Crippen LogP contribution is 2.31. The molecule has 0 aliphatic heterocycles. The second kappa shape index (κ2) is 8.09. The number of methoxy groups -OCH3 is 1. The molecule has 0 atom stereocenters. The summed E-state index contributed by atoms with van der Waals surface area (Å²) in [7, 11) is -2.58. The van der Waals surface area contributed by atoms with Crippen LogP contribution < -0.4 is 10.5 Å². The number of ether oxygens (including phenoxy) is 1. The smallest absolute Gasteiger partial charge is 0.212 e. The van der Waals surface area contributed by atoms with Gasteiger partial charge in [-0.1, -0.05) is 12.1 Å². The summed E-state index contributed by atoms with van der Waals surface area (Å²) in [6.45, 7) is -0.0652. The Hall–Kier alpha value is -4.30. The number of pyridine rings is 3. The Morgan fingerprint density at radius 2 is 1.91 bits per heavy atom. The van der Waals surface area contributed by atoms with Gasteiger partial charge >= 0.3 is 0 Å². The van der Waals surface area contributed by atoms with E-state index in [2.05, 4.69) is 9.97 Å². The molecule has 32 heavy (non-hydrogen) atoms. The fourth-order valence-corrected chi connectivity index (χ4v) is 3.49. The number of hydrogen-bond acceptors (Lipinski definition) is 7. The van der Waals surface area contributed by atoms with Crippen LogP contribution in [0.2, 0.25) is 0 Å².